The Hall–Kier alpha value is -2.95. The molecule has 2 N–H and O–H groups in total. The van der Waals surface area contributed by atoms with Crippen molar-refractivity contribution in [2.75, 3.05) is 6.54 Å². The second-order valence-electron chi connectivity index (χ2n) is 10.8. The summed E-state index contributed by atoms with van der Waals surface area (Å²) in [7, 11) is -2.08. The number of carbonyl (C=O) groups is 2. The Morgan fingerprint density at radius 3 is 2.45 bits per heavy atom. The lowest BCUT2D eigenvalue weighted by atomic mass is 9.85. The molecule has 1 aromatic heterocycles. The highest BCUT2D eigenvalue weighted by Crippen LogP contribution is 2.37. The molecule has 0 bridgehead atoms. The summed E-state index contributed by atoms with van der Waals surface area (Å²) in [6.07, 6.45) is 4.22. The summed E-state index contributed by atoms with van der Waals surface area (Å²) in [6.45, 7) is 0.678. The average molecular weight is 590 g/mol. The Balaban J connectivity index is 1.23. The predicted octanol–water partition coefficient (Wildman–Crippen LogP) is 5.19. The zero-order valence-corrected chi connectivity index (χ0v) is 23.8. The summed E-state index contributed by atoms with van der Waals surface area (Å²) in [5.74, 6) is -1.29. The van der Waals surface area contributed by atoms with Gasteiger partial charge >= 0.3 is 5.97 Å². The molecule has 2 aliphatic rings. The largest absolute Gasteiger partial charge is 0.481 e. The molecule has 1 atom stereocenters. The molecule has 3 aromatic rings. The smallest absolute Gasteiger partial charge is 0.303 e. The summed E-state index contributed by atoms with van der Waals surface area (Å²) in [5, 5.41) is 10.1. The lowest BCUT2D eigenvalue weighted by molar-refractivity contribution is -0.138. The zero-order valence-electron chi connectivity index (χ0n) is 22.3. The van der Waals surface area contributed by atoms with Gasteiger partial charge in [-0.25, -0.2) is 17.5 Å². The van der Waals surface area contributed by atoms with Crippen molar-refractivity contribution in [3.8, 4) is 0 Å². The first-order valence-corrected chi connectivity index (χ1v) is 15.5. The number of benzene rings is 2. The third-order valence-electron chi connectivity index (χ3n) is 8.30. The van der Waals surface area contributed by atoms with E-state index < -0.39 is 16.0 Å². The van der Waals surface area contributed by atoms with Gasteiger partial charge in [-0.05, 0) is 80.8 Å². The second-order valence-corrected chi connectivity index (χ2v) is 12.9. The Kier molecular flexibility index (Phi) is 8.22. The van der Waals surface area contributed by atoms with Gasteiger partial charge in [0, 0.05) is 36.6 Å². The molecular weight excluding hydrogens is 557 g/mol. The van der Waals surface area contributed by atoms with Crippen LogP contribution in [-0.4, -0.2) is 47.5 Å². The molecule has 1 aliphatic heterocycles. The van der Waals surface area contributed by atoms with Crippen molar-refractivity contribution >= 4 is 44.4 Å². The van der Waals surface area contributed by atoms with Gasteiger partial charge in [-0.2, -0.15) is 0 Å². The zero-order chi connectivity index (χ0) is 28.6. The SMILES string of the molecule is Cn1c(CCC(=O)O)c(Cl)c2ccc(S(=O)(=O)N[C@H]3CC[C@H](C(=O)N4CCCC4c4ccc(F)cc4)CC3)cc21. The summed E-state index contributed by atoms with van der Waals surface area (Å²) >= 11 is 6.48. The Labute approximate surface area is 238 Å². The summed E-state index contributed by atoms with van der Waals surface area (Å²) in [5.41, 5.74) is 2.20. The molecule has 0 radical (unpaired) electrons. The molecule has 8 nitrogen and oxygen atoms in total. The highest BCUT2D eigenvalue weighted by molar-refractivity contribution is 7.89. The fourth-order valence-electron chi connectivity index (χ4n) is 6.13. The molecule has 1 saturated heterocycles. The molecule has 1 amide bonds. The van der Waals surface area contributed by atoms with E-state index in [4.69, 9.17) is 16.7 Å². The van der Waals surface area contributed by atoms with E-state index in [0.717, 1.165) is 18.4 Å². The normalized spacial score (nSPS) is 21.7. The van der Waals surface area contributed by atoms with Crippen LogP contribution in [0.25, 0.3) is 10.9 Å². The molecule has 2 fully saturated rings. The van der Waals surface area contributed by atoms with Crippen molar-refractivity contribution in [1.29, 1.82) is 0 Å². The molecule has 1 aliphatic carbocycles. The first kappa shape index (κ1) is 28.6. The minimum atomic E-state index is -3.83. The van der Waals surface area contributed by atoms with Crippen LogP contribution in [0.1, 0.15) is 62.2 Å². The molecule has 2 heterocycles. The lowest BCUT2D eigenvalue weighted by Gasteiger charge is -2.33. The summed E-state index contributed by atoms with van der Waals surface area (Å²) in [4.78, 5) is 26.4. The number of fused-ring (bicyclic) bond motifs is 1. The highest BCUT2D eigenvalue weighted by atomic mass is 35.5. The third-order valence-corrected chi connectivity index (χ3v) is 10.2. The quantitative estimate of drug-likeness (QED) is 0.376. The van der Waals surface area contributed by atoms with Gasteiger partial charge in [0.1, 0.15) is 5.82 Å². The molecule has 1 unspecified atom stereocenters. The van der Waals surface area contributed by atoms with E-state index in [2.05, 4.69) is 4.72 Å². The summed E-state index contributed by atoms with van der Waals surface area (Å²) < 4.78 is 44.5. The van der Waals surface area contributed by atoms with Crippen molar-refractivity contribution in [3.05, 3.63) is 64.6 Å². The second kappa shape index (κ2) is 11.5. The van der Waals surface area contributed by atoms with Crippen LogP contribution >= 0.6 is 11.6 Å². The number of hydrogen-bond donors (Lipinski definition) is 2. The number of carboxylic acids is 1. The first-order valence-electron chi connectivity index (χ1n) is 13.6. The van der Waals surface area contributed by atoms with Gasteiger partial charge in [0.15, 0.2) is 0 Å². The molecule has 0 spiro atoms. The van der Waals surface area contributed by atoms with E-state index in [1.54, 1.807) is 35.9 Å². The van der Waals surface area contributed by atoms with Gasteiger partial charge in [-0.1, -0.05) is 23.7 Å². The standard InChI is InChI=1S/C29H33ClFN3O5S/c1-33-25(14-15-27(35)36)28(30)23-13-12-22(17-26(23)33)40(38,39)32-21-10-6-19(7-11-21)29(37)34-16-2-3-24(34)18-4-8-20(31)9-5-18/h4-5,8-9,12-13,17,19,21,24,32H,2-3,6-7,10-11,14-16H2,1H3,(H,35,36)/t19-,21-,24?. The van der Waals surface area contributed by atoms with Gasteiger partial charge in [0.25, 0.3) is 0 Å². The van der Waals surface area contributed by atoms with Crippen LogP contribution in [0.3, 0.4) is 0 Å². The average Bonchev–Trinajstić information content (AvgIpc) is 3.51. The summed E-state index contributed by atoms with van der Waals surface area (Å²) in [6, 6.07) is 10.7. The van der Waals surface area contributed by atoms with Gasteiger partial charge in [-0.3, -0.25) is 9.59 Å². The van der Waals surface area contributed by atoms with Gasteiger partial charge in [-0.15, -0.1) is 0 Å². The predicted molar refractivity (Wildman–Crippen MR) is 150 cm³/mol. The van der Waals surface area contributed by atoms with Crippen molar-refractivity contribution < 1.29 is 27.5 Å². The monoisotopic (exact) mass is 589 g/mol. The van der Waals surface area contributed by atoms with Crippen molar-refractivity contribution in [2.24, 2.45) is 13.0 Å². The van der Waals surface area contributed by atoms with Gasteiger partial charge in [0.05, 0.1) is 27.9 Å². The van der Waals surface area contributed by atoms with Crippen LogP contribution in [0.2, 0.25) is 5.02 Å². The third kappa shape index (κ3) is 5.75. The topological polar surface area (TPSA) is 109 Å². The van der Waals surface area contributed by atoms with E-state index >= 15 is 0 Å². The van der Waals surface area contributed by atoms with Crippen LogP contribution in [0, 0.1) is 11.7 Å². The molecule has 5 rings (SSSR count). The number of aliphatic carboxylic acids is 1. The molecule has 11 heteroatoms. The molecule has 40 heavy (non-hydrogen) atoms. The Morgan fingerprint density at radius 2 is 1.77 bits per heavy atom. The minimum Gasteiger partial charge on any atom is -0.481 e. The maximum Gasteiger partial charge on any atom is 0.303 e. The fraction of sp³-hybridized carbons (Fsp3) is 0.448. The number of amides is 1. The van der Waals surface area contributed by atoms with E-state index in [9.17, 15) is 22.4 Å². The molecule has 214 valence electrons. The number of likely N-dealkylation sites (tertiary alicyclic amines) is 1. The molecular formula is C29H33ClFN3O5S. The van der Waals surface area contributed by atoms with Crippen molar-refractivity contribution in [2.45, 2.75) is 68.3 Å². The van der Waals surface area contributed by atoms with E-state index in [1.807, 2.05) is 4.90 Å². The van der Waals surface area contributed by atoms with Crippen LogP contribution in [0.15, 0.2) is 47.4 Å². The number of nitrogens with one attached hydrogen (secondary N) is 1. The lowest BCUT2D eigenvalue weighted by Crippen LogP contribution is -2.42. The number of aryl methyl sites for hydroxylation is 1. The number of carbonyl (C=O) groups excluding carboxylic acids is 1. The Morgan fingerprint density at radius 1 is 1.07 bits per heavy atom. The molecule has 2 aromatic carbocycles. The first-order chi connectivity index (χ1) is 19.0. The maximum atomic E-state index is 13.4. The van der Waals surface area contributed by atoms with E-state index in [-0.39, 0.29) is 47.5 Å². The van der Waals surface area contributed by atoms with Crippen LogP contribution in [0.5, 0.6) is 0 Å². The van der Waals surface area contributed by atoms with E-state index in [1.165, 1.54) is 18.2 Å². The number of halogens is 2. The minimum absolute atomic E-state index is 0.0464. The fourth-order valence-corrected chi connectivity index (χ4v) is 7.84. The number of hydrogen-bond acceptors (Lipinski definition) is 4. The number of sulfonamides is 1. The number of nitrogens with zero attached hydrogens (tertiary/aromatic N) is 2. The van der Waals surface area contributed by atoms with Crippen LogP contribution in [-0.2, 0) is 33.1 Å². The number of rotatable bonds is 8. The van der Waals surface area contributed by atoms with E-state index in [0.29, 0.717) is 53.8 Å². The number of carboxylic acid groups (broad SMARTS) is 1. The van der Waals surface area contributed by atoms with Gasteiger partial charge < -0.3 is 14.6 Å². The Bertz CT molecular complexity index is 1530. The van der Waals surface area contributed by atoms with Crippen molar-refractivity contribution in [1.82, 2.24) is 14.2 Å². The number of aromatic nitrogens is 1. The van der Waals surface area contributed by atoms with Crippen molar-refractivity contribution in [3.63, 3.8) is 0 Å². The van der Waals surface area contributed by atoms with Gasteiger partial charge in [0.2, 0.25) is 15.9 Å². The highest BCUT2D eigenvalue weighted by Gasteiger charge is 2.36. The maximum absolute atomic E-state index is 13.4. The van der Waals surface area contributed by atoms with Crippen LogP contribution in [0.4, 0.5) is 4.39 Å². The molecule has 1 saturated carbocycles. The van der Waals surface area contributed by atoms with Crippen LogP contribution < -0.4 is 4.72 Å².